The molecule has 1 saturated heterocycles. The highest BCUT2D eigenvalue weighted by Crippen LogP contribution is 2.53. The van der Waals surface area contributed by atoms with E-state index in [1.54, 1.807) is 36.4 Å². The third-order valence-corrected chi connectivity index (χ3v) is 8.29. The van der Waals surface area contributed by atoms with Crippen molar-refractivity contribution in [2.24, 2.45) is 0 Å². The third-order valence-electron chi connectivity index (χ3n) is 6.18. The molecule has 2 aliphatic heterocycles. The van der Waals surface area contributed by atoms with Crippen molar-refractivity contribution in [2.45, 2.75) is 18.3 Å². The Hall–Kier alpha value is -3.65. The molecule has 0 aliphatic carbocycles. The van der Waals surface area contributed by atoms with Crippen LogP contribution in [0, 0.1) is 6.92 Å². The van der Waals surface area contributed by atoms with Crippen LogP contribution < -0.4 is 14.5 Å². The Bertz CT molecular complexity index is 1370. The van der Waals surface area contributed by atoms with Gasteiger partial charge in [0.25, 0.3) is 10.8 Å². The molecule has 8 heteroatoms. The summed E-state index contributed by atoms with van der Waals surface area (Å²) in [6.45, 7) is 2.02. The number of hydrogen-bond acceptors (Lipinski definition) is 5. The second-order valence-corrected chi connectivity index (χ2v) is 10.3. The third kappa shape index (κ3) is 2.97. The van der Waals surface area contributed by atoms with E-state index in [4.69, 9.17) is 4.74 Å². The van der Waals surface area contributed by atoms with E-state index in [2.05, 4.69) is 0 Å². The number of aryl methyl sites for hydroxylation is 1. The zero-order valence-corrected chi connectivity index (χ0v) is 19.0. The second-order valence-electron chi connectivity index (χ2n) is 8.23. The fourth-order valence-corrected chi connectivity index (χ4v) is 6.73. The smallest absolute Gasteiger partial charge is 0.274 e. The molecule has 3 aromatic carbocycles. The van der Waals surface area contributed by atoms with Crippen molar-refractivity contribution in [1.29, 1.82) is 0 Å². The average Bonchev–Trinajstić information content (AvgIpc) is 3.17. The zero-order chi connectivity index (χ0) is 23.4. The Labute approximate surface area is 192 Å². The van der Waals surface area contributed by atoms with Gasteiger partial charge in [0.15, 0.2) is 9.84 Å². The number of carbonyl (C=O) groups is 2. The standard InChI is InChI=1S/C25H22N2O5S/c1-17-8-13-22-21(14-17)25(24(29)26(22)15-18-6-4-3-5-7-18)27(23(28)16-33(25,30)31)19-9-11-20(32-2)12-10-19/h3-14H,15-16H2,1-2H3/t25-/m0/s1. The highest BCUT2D eigenvalue weighted by Gasteiger charge is 2.69. The molecular formula is C25H22N2O5S. The lowest BCUT2D eigenvalue weighted by molar-refractivity contribution is -0.123. The number of fused-ring (bicyclic) bond motifs is 2. The number of ether oxygens (including phenoxy) is 1. The molecule has 7 nitrogen and oxygen atoms in total. The molecule has 0 radical (unpaired) electrons. The molecule has 1 fully saturated rings. The number of amides is 2. The van der Waals surface area contributed by atoms with Crippen LogP contribution in [0.3, 0.4) is 0 Å². The van der Waals surface area contributed by atoms with Crippen LogP contribution >= 0.6 is 0 Å². The number of methoxy groups -OCH3 is 1. The molecule has 0 aromatic heterocycles. The predicted molar refractivity (Wildman–Crippen MR) is 125 cm³/mol. The molecule has 2 heterocycles. The van der Waals surface area contributed by atoms with Crippen LogP contribution in [0.5, 0.6) is 5.75 Å². The molecule has 0 unspecified atom stereocenters. The average molecular weight is 463 g/mol. The topological polar surface area (TPSA) is 84.0 Å². The summed E-state index contributed by atoms with van der Waals surface area (Å²) in [5.74, 6) is -1.46. The quantitative estimate of drug-likeness (QED) is 0.595. The summed E-state index contributed by atoms with van der Waals surface area (Å²) in [7, 11) is -2.68. The molecule has 2 amide bonds. The van der Waals surface area contributed by atoms with Crippen molar-refractivity contribution < 1.29 is 22.7 Å². The lowest BCUT2D eigenvalue weighted by atomic mass is 10.0. The monoisotopic (exact) mass is 462 g/mol. The fourth-order valence-electron chi connectivity index (χ4n) is 4.71. The highest BCUT2D eigenvalue weighted by atomic mass is 32.2. The van der Waals surface area contributed by atoms with Gasteiger partial charge in [-0.05, 0) is 48.9 Å². The van der Waals surface area contributed by atoms with Crippen molar-refractivity contribution in [1.82, 2.24) is 0 Å². The van der Waals surface area contributed by atoms with E-state index in [-0.39, 0.29) is 6.54 Å². The first-order chi connectivity index (χ1) is 15.8. The van der Waals surface area contributed by atoms with E-state index in [1.165, 1.54) is 12.0 Å². The summed E-state index contributed by atoms with van der Waals surface area (Å²) in [6.07, 6.45) is 0. The summed E-state index contributed by atoms with van der Waals surface area (Å²) in [4.78, 5) is 27.7. The molecule has 0 bridgehead atoms. The molecule has 168 valence electrons. The fraction of sp³-hybridized carbons (Fsp3) is 0.200. The van der Waals surface area contributed by atoms with Gasteiger partial charge in [-0.25, -0.2) is 8.42 Å². The molecule has 2 aliphatic rings. The van der Waals surface area contributed by atoms with Crippen molar-refractivity contribution in [3.8, 4) is 5.75 Å². The lowest BCUT2D eigenvalue weighted by Crippen LogP contribution is -2.54. The molecule has 1 spiro atoms. The van der Waals surface area contributed by atoms with Gasteiger partial charge in [-0.1, -0.05) is 42.0 Å². The zero-order valence-electron chi connectivity index (χ0n) is 18.2. The molecular weight excluding hydrogens is 440 g/mol. The molecule has 33 heavy (non-hydrogen) atoms. The summed E-state index contributed by atoms with van der Waals surface area (Å²) >= 11 is 0. The minimum Gasteiger partial charge on any atom is -0.497 e. The van der Waals surface area contributed by atoms with Crippen LogP contribution in [-0.2, 0) is 30.8 Å². The number of anilines is 2. The van der Waals surface area contributed by atoms with Gasteiger partial charge in [-0.3, -0.25) is 14.5 Å². The van der Waals surface area contributed by atoms with Crippen LogP contribution in [0.1, 0.15) is 16.7 Å². The summed E-state index contributed by atoms with van der Waals surface area (Å²) in [5.41, 5.74) is 2.78. The van der Waals surface area contributed by atoms with Gasteiger partial charge >= 0.3 is 0 Å². The number of nitrogens with zero attached hydrogens (tertiary/aromatic N) is 2. The van der Waals surface area contributed by atoms with Crippen LogP contribution in [0.2, 0.25) is 0 Å². The first kappa shape index (κ1) is 21.2. The van der Waals surface area contributed by atoms with Gasteiger partial charge in [-0.15, -0.1) is 0 Å². The summed E-state index contributed by atoms with van der Waals surface area (Å²) in [5, 5.41) is 0. The van der Waals surface area contributed by atoms with Gasteiger partial charge in [0.1, 0.15) is 11.5 Å². The van der Waals surface area contributed by atoms with Crippen molar-refractivity contribution >= 4 is 33.0 Å². The van der Waals surface area contributed by atoms with Crippen molar-refractivity contribution in [2.75, 3.05) is 22.7 Å². The molecule has 0 saturated carbocycles. The Kier molecular flexibility index (Phi) is 4.79. The van der Waals surface area contributed by atoms with Gasteiger partial charge in [0.2, 0.25) is 5.91 Å². The van der Waals surface area contributed by atoms with E-state index >= 15 is 0 Å². The van der Waals surface area contributed by atoms with Crippen LogP contribution in [0.15, 0.2) is 72.8 Å². The van der Waals surface area contributed by atoms with E-state index in [1.807, 2.05) is 43.3 Å². The number of rotatable bonds is 4. The second kappa shape index (κ2) is 7.45. The number of carbonyl (C=O) groups excluding carboxylic acids is 2. The van der Waals surface area contributed by atoms with Crippen molar-refractivity contribution in [3.63, 3.8) is 0 Å². The van der Waals surface area contributed by atoms with E-state index in [9.17, 15) is 18.0 Å². The predicted octanol–water partition coefficient (Wildman–Crippen LogP) is 3.16. The lowest BCUT2D eigenvalue weighted by Gasteiger charge is -2.32. The maximum Gasteiger partial charge on any atom is 0.274 e. The molecule has 3 aromatic rings. The Morgan fingerprint density at radius 3 is 2.33 bits per heavy atom. The first-order valence-electron chi connectivity index (χ1n) is 10.5. The van der Waals surface area contributed by atoms with Crippen LogP contribution in [0.25, 0.3) is 0 Å². The molecule has 0 N–H and O–H groups in total. The summed E-state index contributed by atoms with van der Waals surface area (Å²) in [6, 6.07) is 21.1. The van der Waals surface area contributed by atoms with E-state index < -0.39 is 32.3 Å². The number of hydrogen-bond donors (Lipinski definition) is 0. The minimum atomic E-state index is -4.20. The van der Waals surface area contributed by atoms with Crippen LogP contribution in [0.4, 0.5) is 11.4 Å². The van der Waals surface area contributed by atoms with E-state index in [0.717, 1.165) is 16.0 Å². The maximum atomic E-state index is 14.1. The largest absolute Gasteiger partial charge is 0.497 e. The highest BCUT2D eigenvalue weighted by molar-refractivity contribution is 7.94. The Morgan fingerprint density at radius 2 is 1.67 bits per heavy atom. The molecule has 1 atom stereocenters. The number of sulfone groups is 1. The maximum absolute atomic E-state index is 14.1. The molecule has 5 rings (SSSR count). The normalized spacial score (nSPS) is 21.0. The van der Waals surface area contributed by atoms with Crippen molar-refractivity contribution in [3.05, 3.63) is 89.5 Å². The van der Waals surface area contributed by atoms with Crippen LogP contribution in [-0.4, -0.2) is 33.1 Å². The van der Waals surface area contributed by atoms with Gasteiger partial charge in [0.05, 0.1) is 19.3 Å². The first-order valence-corrected chi connectivity index (χ1v) is 12.1. The summed E-state index contributed by atoms with van der Waals surface area (Å²) < 4.78 is 32.5. The minimum absolute atomic E-state index is 0.192. The van der Waals surface area contributed by atoms with Gasteiger partial charge < -0.3 is 9.64 Å². The van der Waals surface area contributed by atoms with Gasteiger partial charge in [-0.2, -0.15) is 0 Å². The Morgan fingerprint density at radius 1 is 0.970 bits per heavy atom. The SMILES string of the molecule is COc1ccc(N2C(=O)CS(=O)(=O)[C@@]23C(=O)N(Cc2ccccc2)c2ccc(C)cc23)cc1. The Balaban J connectivity index is 1.75. The number of benzene rings is 3. The van der Waals surface area contributed by atoms with Gasteiger partial charge in [0, 0.05) is 11.3 Å². The van der Waals surface area contributed by atoms with E-state index in [0.29, 0.717) is 22.7 Å².